The number of nitrogens with zero attached hydrogens (tertiary/aromatic N) is 4. The fourth-order valence-corrected chi connectivity index (χ4v) is 4.57. The van der Waals surface area contributed by atoms with Gasteiger partial charge in [0.25, 0.3) is 5.85 Å². The van der Waals surface area contributed by atoms with Crippen LogP contribution >= 0.6 is 19.2 Å². The molecule has 0 saturated carbocycles. The number of aromatic nitrogens is 4. The van der Waals surface area contributed by atoms with E-state index in [4.69, 9.17) is 21.1 Å². The summed E-state index contributed by atoms with van der Waals surface area (Å²) < 4.78 is 28.4. The summed E-state index contributed by atoms with van der Waals surface area (Å²) in [7, 11) is -5.04. The molecule has 0 aliphatic carbocycles. The number of ether oxygens (including phenoxy) is 3. The van der Waals surface area contributed by atoms with Crippen LogP contribution in [-0.4, -0.2) is 82.9 Å². The molecule has 1 aromatic carbocycles. The second-order valence-corrected chi connectivity index (χ2v) is 10.1. The van der Waals surface area contributed by atoms with E-state index in [0.29, 0.717) is 17.9 Å². The monoisotopic (exact) mass is 557 g/mol. The van der Waals surface area contributed by atoms with Gasteiger partial charge in [0.2, 0.25) is 5.28 Å². The Morgan fingerprint density at radius 1 is 1.24 bits per heavy atom. The summed E-state index contributed by atoms with van der Waals surface area (Å²) in [5.41, 5.74) is 1.52. The average Bonchev–Trinajstić information content (AvgIpc) is 3.38. The summed E-state index contributed by atoms with van der Waals surface area (Å²) in [6, 6.07) is 9.54. The van der Waals surface area contributed by atoms with Gasteiger partial charge in [-0.05, 0) is 24.1 Å². The third kappa shape index (κ3) is 6.08. The van der Waals surface area contributed by atoms with Crippen LogP contribution in [0.25, 0.3) is 11.2 Å². The summed E-state index contributed by atoms with van der Waals surface area (Å²) in [6.45, 7) is 1.14. The maximum atomic E-state index is 11.9. The van der Waals surface area contributed by atoms with Crippen molar-refractivity contribution in [3.05, 3.63) is 47.5 Å². The molecular formula is C21H25ClN5O9P. The molecule has 5 N–H and O–H groups in total. The second kappa shape index (κ2) is 11.4. The molecule has 1 aliphatic rings. The Labute approximate surface area is 215 Å². The molecule has 0 radical (unpaired) electrons. The largest absolute Gasteiger partial charge is 0.464 e. The van der Waals surface area contributed by atoms with Crippen molar-refractivity contribution in [1.29, 1.82) is 0 Å². The molecule has 200 valence electrons. The van der Waals surface area contributed by atoms with Gasteiger partial charge in [-0.3, -0.25) is 9.13 Å². The predicted octanol–water partition coefficient (Wildman–Crippen LogP) is 0.794. The first kappa shape index (κ1) is 27.4. The van der Waals surface area contributed by atoms with E-state index in [1.54, 1.807) is 0 Å². The van der Waals surface area contributed by atoms with Crippen molar-refractivity contribution < 1.29 is 43.6 Å². The molecule has 3 aromatic rings. The number of aliphatic hydroxyl groups is 2. The van der Waals surface area contributed by atoms with Crippen LogP contribution in [0.1, 0.15) is 18.7 Å². The molecule has 1 saturated heterocycles. The summed E-state index contributed by atoms with van der Waals surface area (Å²) in [4.78, 5) is 43.5. The second-order valence-electron chi connectivity index (χ2n) is 8.08. The van der Waals surface area contributed by atoms with Crippen LogP contribution < -0.4 is 5.32 Å². The van der Waals surface area contributed by atoms with Gasteiger partial charge in [0.1, 0.15) is 18.3 Å². The Hall–Kier alpha value is -2.68. The minimum absolute atomic E-state index is 0.100. The van der Waals surface area contributed by atoms with E-state index in [9.17, 15) is 29.4 Å². The summed E-state index contributed by atoms with van der Waals surface area (Å²) in [5.74, 6) is -3.13. The molecule has 16 heteroatoms. The molecule has 0 spiro atoms. The van der Waals surface area contributed by atoms with Gasteiger partial charge >= 0.3 is 13.6 Å². The smallest absolute Gasteiger partial charge is 0.365 e. The minimum Gasteiger partial charge on any atom is -0.464 e. The maximum absolute atomic E-state index is 11.9. The zero-order valence-corrected chi connectivity index (χ0v) is 21.1. The number of imidazole rings is 1. The zero-order valence-electron chi connectivity index (χ0n) is 19.4. The van der Waals surface area contributed by atoms with Gasteiger partial charge in [0.15, 0.2) is 23.2 Å². The van der Waals surface area contributed by atoms with Crippen LogP contribution in [0.2, 0.25) is 5.28 Å². The van der Waals surface area contributed by atoms with E-state index in [-0.39, 0.29) is 17.5 Å². The minimum atomic E-state index is -5.04. The molecule has 1 unspecified atom stereocenters. The first-order valence-corrected chi connectivity index (χ1v) is 13.2. The number of carbonyl (C=O) groups excluding carboxylic acids is 1. The Morgan fingerprint density at radius 2 is 1.97 bits per heavy atom. The highest BCUT2D eigenvalue weighted by atomic mass is 35.5. The molecule has 3 heterocycles. The number of rotatable bonds is 10. The Bertz CT molecular complexity index is 1290. The molecule has 2 aromatic heterocycles. The molecule has 5 atom stereocenters. The molecule has 0 bridgehead atoms. The highest BCUT2D eigenvalue weighted by molar-refractivity contribution is 7.53. The molecule has 1 aliphatic heterocycles. The average molecular weight is 558 g/mol. The Kier molecular flexibility index (Phi) is 8.41. The molecule has 0 amide bonds. The molecule has 4 rings (SSSR count). The van der Waals surface area contributed by atoms with Crippen molar-refractivity contribution in [1.82, 2.24) is 19.5 Å². The normalized spacial score (nSPS) is 22.8. The highest BCUT2D eigenvalue weighted by Crippen LogP contribution is 2.43. The molecular weight excluding hydrogens is 533 g/mol. The predicted molar refractivity (Wildman–Crippen MR) is 128 cm³/mol. The number of aliphatic hydroxyl groups excluding tert-OH is 2. The van der Waals surface area contributed by atoms with Crippen molar-refractivity contribution in [2.45, 2.75) is 43.9 Å². The van der Waals surface area contributed by atoms with E-state index in [2.05, 4.69) is 25.0 Å². The van der Waals surface area contributed by atoms with E-state index >= 15 is 0 Å². The lowest BCUT2D eigenvalue weighted by Gasteiger charge is -2.20. The number of hydrogen-bond donors (Lipinski definition) is 5. The van der Waals surface area contributed by atoms with Crippen molar-refractivity contribution in [2.24, 2.45) is 0 Å². The Balaban J connectivity index is 1.52. The fraction of sp³-hybridized carbons (Fsp3) is 0.429. The fourth-order valence-electron chi connectivity index (χ4n) is 3.78. The van der Waals surface area contributed by atoms with Gasteiger partial charge < -0.3 is 39.5 Å². The van der Waals surface area contributed by atoms with E-state index in [1.807, 2.05) is 30.3 Å². The van der Waals surface area contributed by atoms with Crippen molar-refractivity contribution in [3.8, 4) is 0 Å². The maximum Gasteiger partial charge on any atom is 0.365 e. The lowest BCUT2D eigenvalue weighted by molar-refractivity contribution is -0.155. The van der Waals surface area contributed by atoms with Crippen LogP contribution in [-0.2, 0) is 30.1 Å². The SMILES string of the molecule is CCOC(=O)C(OC[C@H]1O[C@@H](n2cnc3c(NCc4ccccc4)nc(Cl)nc32)[C@H](O)[C@@H]1O)P(=O)(O)O. The van der Waals surface area contributed by atoms with Crippen molar-refractivity contribution in [3.63, 3.8) is 0 Å². The summed E-state index contributed by atoms with van der Waals surface area (Å²) in [6.07, 6.45) is -4.18. The van der Waals surface area contributed by atoms with Gasteiger partial charge in [-0.1, -0.05) is 30.3 Å². The van der Waals surface area contributed by atoms with Gasteiger partial charge in [0.05, 0.1) is 19.5 Å². The number of nitrogens with one attached hydrogen (secondary N) is 1. The van der Waals surface area contributed by atoms with Gasteiger partial charge in [-0.15, -0.1) is 0 Å². The topological polar surface area (TPSA) is 198 Å². The highest BCUT2D eigenvalue weighted by Gasteiger charge is 2.46. The standard InChI is InChI=1S/C21H25ClN5O9P/c1-2-34-19(30)20(37(31,32)33)35-9-12-14(28)15(29)18(36-12)27-10-24-13-16(25-21(22)26-17(13)27)23-8-11-6-4-3-5-7-11/h3-7,10,12,14-15,18,20,28-29H,2,8-9H2,1H3,(H,23,25,26)(H2,31,32,33)/t12-,14-,15-,18-,20?/m1/s1. The first-order valence-electron chi connectivity index (χ1n) is 11.1. The number of benzene rings is 1. The number of hydrogen-bond acceptors (Lipinski definition) is 11. The van der Waals surface area contributed by atoms with Crippen LogP contribution in [0.5, 0.6) is 0 Å². The van der Waals surface area contributed by atoms with Crippen LogP contribution in [0.4, 0.5) is 5.82 Å². The van der Waals surface area contributed by atoms with Gasteiger partial charge in [0, 0.05) is 6.54 Å². The van der Waals surface area contributed by atoms with Gasteiger partial charge in [-0.25, -0.2) is 9.78 Å². The number of halogens is 1. The molecule has 37 heavy (non-hydrogen) atoms. The summed E-state index contributed by atoms with van der Waals surface area (Å²) >= 11 is 6.12. The molecule has 1 fully saturated rings. The third-order valence-corrected chi connectivity index (χ3v) is 6.66. The van der Waals surface area contributed by atoms with Crippen LogP contribution in [0.3, 0.4) is 0 Å². The van der Waals surface area contributed by atoms with E-state index < -0.39 is 50.6 Å². The zero-order chi connectivity index (χ0) is 26.7. The van der Waals surface area contributed by atoms with Crippen LogP contribution in [0.15, 0.2) is 36.7 Å². The Morgan fingerprint density at radius 3 is 2.65 bits per heavy atom. The molecule has 14 nitrogen and oxygen atoms in total. The van der Waals surface area contributed by atoms with E-state index in [1.165, 1.54) is 17.8 Å². The number of anilines is 1. The number of esters is 1. The van der Waals surface area contributed by atoms with Crippen molar-refractivity contribution >= 4 is 42.1 Å². The lowest BCUT2D eigenvalue weighted by atomic mass is 10.1. The number of fused-ring (bicyclic) bond motifs is 1. The van der Waals surface area contributed by atoms with Crippen molar-refractivity contribution in [2.75, 3.05) is 18.5 Å². The quantitative estimate of drug-likeness (QED) is 0.133. The summed E-state index contributed by atoms with van der Waals surface area (Å²) in [5, 5.41) is 24.2. The van der Waals surface area contributed by atoms with E-state index in [0.717, 1.165) is 5.56 Å². The van der Waals surface area contributed by atoms with Crippen LogP contribution in [0, 0.1) is 0 Å². The van der Waals surface area contributed by atoms with Gasteiger partial charge in [-0.2, -0.15) is 9.97 Å². The number of carbonyl (C=O) groups is 1. The first-order chi connectivity index (χ1) is 17.6. The lowest BCUT2D eigenvalue weighted by Crippen LogP contribution is -2.36. The third-order valence-electron chi connectivity index (χ3n) is 5.52.